The van der Waals surface area contributed by atoms with E-state index in [2.05, 4.69) is 0 Å². The van der Waals surface area contributed by atoms with Gasteiger partial charge in [0, 0.05) is 5.16 Å². The summed E-state index contributed by atoms with van der Waals surface area (Å²) in [5.74, 6) is 0. The molecule has 1 atom stereocenters. The highest BCUT2D eigenvalue weighted by Gasteiger charge is 2.17. The Balaban J connectivity index is 3.79. The van der Waals surface area contributed by atoms with Crippen LogP contribution in [0, 0.1) is 0 Å². The average Bonchev–Trinajstić information content (AvgIpc) is 1.31. The summed E-state index contributed by atoms with van der Waals surface area (Å²) in [6.07, 6.45) is 0. The molecule has 0 spiro atoms. The molecule has 0 N–H and O–H groups in total. The molecule has 0 bridgehead atoms. The van der Waals surface area contributed by atoms with Crippen LogP contribution in [0.15, 0.2) is 0 Å². The predicted octanol–water partition coefficient (Wildman–Crippen LogP) is 2.23. The molecule has 0 amide bonds. The second-order valence-electron chi connectivity index (χ2n) is 2.52. The molecule has 0 heterocycles. The van der Waals surface area contributed by atoms with E-state index in [9.17, 15) is 8.76 Å². The van der Waals surface area contributed by atoms with Crippen LogP contribution in [0.3, 0.4) is 0 Å². The third-order valence-electron chi connectivity index (χ3n) is 0.590. The van der Waals surface area contributed by atoms with Gasteiger partial charge in [0.1, 0.15) is 0 Å². The fourth-order valence-corrected chi connectivity index (χ4v) is 0. The van der Waals surface area contributed by atoms with Crippen LogP contribution >= 0.6 is 8.11 Å². The van der Waals surface area contributed by atoms with Gasteiger partial charge in [0.25, 0.3) is 0 Å². The van der Waals surface area contributed by atoms with E-state index in [0.717, 1.165) is 0 Å². The molecule has 0 aromatic carbocycles. The summed E-state index contributed by atoms with van der Waals surface area (Å²) in [6.45, 7) is 4.86. The Kier molecular flexibility index (Phi) is 2.00. The highest BCUT2D eigenvalue weighted by atomic mass is 31.1. The van der Waals surface area contributed by atoms with Crippen LogP contribution in [-0.2, 0) is 4.57 Å². The molecule has 0 saturated heterocycles. The van der Waals surface area contributed by atoms with Crippen LogP contribution in [0.4, 0.5) is 4.20 Å². The van der Waals surface area contributed by atoms with Gasteiger partial charge in [-0.25, -0.2) is 0 Å². The van der Waals surface area contributed by atoms with Crippen molar-refractivity contribution in [1.29, 1.82) is 0 Å². The first kappa shape index (κ1) is 7.16. The van der Waals surface area contributed by atoms with Gasteiger partial charge in [-0.05, 0) is 0 Å². The quantitative estimate of drug-likeness (QED) is 0.452. The summed E-state index contributed by atoms with van der Waals surface area (Å²) in [5.41, 5.74) is 0. The zero-order valence-electron chi connectivity index (χ0n) is 4.79. The molecular weight excluding hydrogens is 114 g/mol. The summed E-state index contributed by atoms with van der Waals surface area (Å²) in [4.78, 5) is 0. The minimum Gasteiger partial charge on any atom is -0.290 e. The lowest BCUT2D eigenvalue weighted by Crippen LogP contribution is -2.03. The summed E-state index contributed by atoms with van der Waals surface area (Å²) >= 11 is 0. The van der Waals surface area contributed by atoms with E-state index in [1.165, 1.54) is 0 Å². The van der Waals surface area contributed by atoms with E-state index in [1.807, 2.05) is 0 Å². The topological polar surface area (TPSA) is 17.1 Å². The van der Waals surface area contributed by atoms with Crippen molar-refractivity contribution in [2.24, 2.45) is 0 Å². The smallest absolute Gasteiger partial charge is 0.238 e. The van der Waals surface area contributed by atoms with E-state index < -0.39 is 13.3 Å². The standard InChI is InChI=1S/C4H10FOP/c1-4(2,3)7(5)6/h7H,1-3H3. The van der Waals surface area contributed by atoms with Crippen molar-refractivity contribution in [2.75, 3.05) is 0 Å². The lowest BCUT2D eigenvalue weighted by molar-refractivity contribution is 0.530. The van der Waals surface area contributed by atoms with E-state index in [4.69, 9.17) is 0 Å². The second-order valence-corrected chi connectivity index (χ2v) is 4.57. The minimum atomic E-state index is -2.80. The van der Waals surface area contributed by atoms with Gasteiger partial charge in [0.05, 0.1) is 0 Å². The van der Waals surface area contributed by atoms with Gasteiger partial charge in [-0.1, -0.05) is 20.8 Å². The number of hydrogen-bond acceptors (Lipinski definition) is 1. The molecule has 3 heteroatoms. The van der Waals surface area contributed by atoms with Crippen molar-refractivity contribution >= 4 is 8.11 Å². The molecule has 0 fully saturated rings. The van der Waals surface area contributed by atoms with E-state index in [1.54, 1.807) is 20.8 Å². The SMILES string of the molecule is CC(C)(C)[PH](=O)F. The fraction of sp³-hybridized carbons (Fsp3) is 1.00. The van der Waals surface area contributed by atoms with Crippen molar-refractivity contribution in [2.45, 2.75) is 25.9 Å². The Morgan fingerprint density at radius 3 is 1.57 bits per heavy atom. The zero-order valence-corrected chi connectivity index (χ0v) is 5.79. The van der Waals surface area contributed by atoms with Gasteiger partial charge < -0.3 is 0 Å². The molecule has 7 heavy (non-hydrogen) atoms. The number of rotatable bonds is 0. The van der Waals surface area contributed by atoms with Gasteiger partial charge in [-0.2, -0.15) is 4.20 Å². The largest absolute Gasteiger partial charge is 0.290 e. The normalized spacial score (nSPS) is 16.6. The maximum Gasteiger partial charge on any atom is 0.238 e. The van der Waals surface area contributed by atoms with Gasteiger partial charge in [-0.15, -0.1) is 0 Å². The molecule has 0 aliphatic carbocycles. The molecule has 0 aliphatic rings. The molecular formula is C4H10FOP. The maximum absolute atomic E-state index is 11.8. The van der Waals surface area contributed by atoms with Crippen molar-refractivity contribution in [1.82, 2.24) is 0 Å². The monoisotopic (exact) mass is 124 g/mol. The van der Waals surface area contributed by atoms with Gasteiger partial charge >= 0.3 is 0 Å². The van der Waals surface area contributed by atoms with Crippen molar-refractivity contribution in [3.63, 3.8) is 0 Å². The Labute approximate surface area is 43.8 Å². The molecule has 0 aliphatic heterocycles. The zero-order chi connectivity index (χ0) is 6.08. The predicted molar refractivity (Wildman–Crippen MR) is 29.9 cm³/mol. The van der Waals surface area contributed by atoms with E-state index in [0.29, 0.717) is 0 Å². The molecule has 0 rings (SSSR count). The number of halogens is 1. The summed E-state index contributed by atoms with van der Waals surface area (Å²) in [6, 6.07) is 0. The molecule has 1 unspecified atom stereocenters. The fourth-order valence-electron chi connectivity index (χ4n) is 0. The summed E-state index contributed by atoms with van der Waals surface area (Å²) in [5, 5.41) is -0.620. The molecule has 0 aromatic rings. The Bertz CT molecular complexity index is 84.2. The summed E-state index contributed by atoms with van der Waals surface area (Å²) in [7, 11) is -2.80. The third-order valence-corrected chi connectivity index (χ3v) is 1.77. The molecule has 0 aromatic heterocycles. The maximum atomic E-state index is 11.8. The Morgan fingerprint density at radius 1 is 1.43 bits per heavy atom. The van der Waals surface area contributed by atoms with Crippen LogP contribution < -0.4 is 0 Å². The first-order valence-corrected chi connectivity index (χ1v) is 3.43. The first-order valence-electron chi connectivity index (χ1n) is 2.14. The van der Waals surface area contributed by atoms with Crippen LogP contribution in [0.1, 0.15) is 20.8 Å². The molecule has 44 valence electrons. The summed E-state index contributed by atoms with van der Waals surface area (Å²) < 4.78 is 21.7. The third kappa shape index (κ3) is 2.81. The highest BCUT2D eigenvalue weighted by molar-refractivity contribution is 7.40. The molecule has 0 saturated carbocycles. The first-order chi connectivity index (χ1) is 2.94. The van der Waals surface area contributed by atoms with Crippen LogP contribution in [0.25, 0.3) is 0 Å². The lowest BCUT2D eigenvalue weighted by atomic mass is 10.3. The highest BCUT2D eigenvalue weighted by Crippen LogP contribution is 2.38. The van der Waals surface area contributed by atoms with E-state index >= 15 is 0 Å². The number of hydrogen-bond donors (Lipinski definition) is 0. The van der Waals surface area contributed by atoms with Gasteiger partial charge in [-0.3, -0.25) is 4.57 Å². The minimum absolute atomic E-state index is 0.620. The van der Waals surface area contributed by atoms with Crippen LogP contribution in [0.2, 0.25) is 0 Å². The van der Waals surface area contributed by atoms with Crippen molar-refractivity contribution < 1.29 is 8.76 Å². The Hall–Kier alpha value is 0.160. The lowest BCUT2D eigenvalue weighted by Gasteiger charge is -2.09. The molecule has 0 radical (unpaired) electrons. The van der Waals surface area contributed by atoms with Gasteiger partial charge in [0.15, 0.2) is 0 Å². The Morgan fingerprint density at radius 2 is 1.57 bits per heavy atom. The van der Waals surface area contributed by atoms with Crippen LogP contribution in [0.5, 0.6) is 0 Å². The van der Waals surface area contributed by atoms with Crippen molar-refractivity contribution in [3.8, 4) is 0 Å². The van der Waals surface area contributed by atoms with Crippen molar-refractivity contribution in [3.05, 3.63) is 0 Å². The van der Waals surface area contributed by atoms with Gasteiger partial charge in [0.2, 0.25) is 8.11 Å². The molecule has 1 nitrogen and oxygen atoms in total. The van der Waals surface area contributed by atoms with Crippen LogP contribution in [-0.4, -0.2) is 5.16 Å². The second kappa shape index (κ2) is 1.95. The average molecular weight is 124 g/mol. The van der Waals surface area contributed by atoms with E-state index in [-0.39, 0.29) is 0 Å².